The van der Waals surface area contributed by atoms with Crippen molar-refractivity contribution in [3.63, 3.8) is 0 Å². The van der Waals surface area contributed by atoms with Gasteiger partial charge in [-0.25, -0.2) is 8.78 Å². The predicted molar refractivity (Wildman–Crippen MR) is 80.8 cm³/mol. The minimum Gasteiger partial charge on any atom is -0.469 e. The topological polar surface area (TPSA) is 58.6 Å². The fraction of sp³-hybridized carbons (Fsp3) is 0.500. The third-order valence-electron chi connectivity index (χ3n) is 3.93. The van der Waals surface area contributed by atoms with E-state index in [4.69, 9.17) is 0 Å². The lowest BCUT2D eigenvalue weighted by Gasteiger charge is -2.34. The summed E-state index contributed by atoms with van der Waals surface area (Å²) < 4.78 is 31.3. The van der Waals surface area contributed by atoms with Crippen LogP contribution in [0.25, 0.3) is 0 Å². The molecule has 7 heteroatoms. The quantitative estimate of drug-likeness (QED) is 0.844. The van der Waals surface area contributed by atoms with Crippen LogP contribution in [0, 0.1) is 11.6 Å². The number of benzene rings is 1. The summed E-state index contributed by atoms with van der Waals surface area (Å²) in [5.41, 5.74) is -0.184. The molecule has 0 aromatic heterocycles. The van der Waals surface area contributed by atoms with E-state index < -0.39 is 17.5 Å². The van der Waals surface area contributed by atoms with Gasteiger partial charge in [0.25, 0.3) is 0 Å². The molecule has 1 amide bonds. The lowest BCUT2D eigenvalue weighted by Crippen LogP contribution is -2.45. The van der Waals surface area contributed by atoms with Crippen LogP contribution in [0.4, 0.5) is 14.5 Å². The molecule has 0 spiro atoms. The fourth-order valence-corrected chi connectivity index (χ4v) is 2.74. The maximum Gasteiger partial charge on any atom is 0.307 e. The standard InChI is InChI=1S/C16H20F2N2O3/c1-23-16(22)9-12-4-2-3-7-20(12)10-15(21)19-14-8-11(17)5-6-13(14)18/h5-6,8,12H,2-4,7,9-10H2,1H3,(H,19,21)/t12-/m1/s1. The van der Waals surface area contributed by atoms with Gasteiger partial charge in [0.05, 0.1) is 25.8 Å². The molecule has 1 atom stereocenters. The largest absolute Gasteiger partial charge is 0.469 e. The molecule has 1 aromatic carbocycles. The number of likely N-dealkylation sites (tertiary alicyclic amines) is 1. The van der Waals surface area contributed by atoms with Crippen LogP contribution >= 0.6 is 0 Å². The number of amides is 1. The van der Waals surface area contributed by atoms with Gasteiger partial charge in [-0.05, 0) is 31.5 Å². The van der Waals surface area contributed by atoms with Crippen LogP contribution in [0.5, 0.6) is 0 Å². The molecule has 0 bridgehead atoms. The van der Waals surface area contributed by atoms with Crippen LogP contribution in [-0.2, 0) is 14.3 Å². The molecule has 0 aliphatic carbocycles. The van der Waals surface area contributed by atoms with Gasteiger partial charge in [-0.2, -0.15) is 0 Å². The van der Waals surface area contributed by atoms with E-state index in [0.717, 1.165) is 37.5 Å². The summed E-state index contributed by atoms with van der Waals surface area (Å²) in [5, 5.41) is 2.37. The highest BCUT2D eigenvalue weighted by molar-refractivity contribution is 5.92. The summed E-state index contributed by atoms with van der Waals surface area (Å²) in [6.45, 7) is 0.707. The van der Waals surface area contributed by atoms with Crippen LogP contribution < -0.4 is 5.32 Å². The van der Waals surface area contributed by atoms with E-state index >= 15 is 0 Å². The number of carbonyl (C=O) groups is 2. The van der Waals surface area contributed by atoms with Crippen LogP contribution in [0.1, 0.15) is 25.7 Å². The van der Waals surface area contributed by atoms with Crippen molar-refractivity contribution in [2.45, 2.75) is 31.7 Å². The molecule has 2 rings (SSSR count). The van der Waals surface area contributed by atoms with E-state index in [1.54, 1.807) is 0 Å². The lowest BCUT2D eigenvalue weighted by atomic mass is 9.99. The van der Waals surface area contributed by atoms with E-state index in [9.17, 15) is 18.4 Å². The highest BCUT2D eigenvalue weighted by Crippen LogP contribution is 2.20. The Balaban J connectivity index is 1.96. The number of carbonyl (C=O) groups excluding carboxylic acids is 2. The van der Waals surface area contributed by atoms with Crippen LogP contribution in [0.3, 0.4) is 0 Å². The number of halogens is 2. The zero-order valence-electron chi connectivity index (χ0n) is 13.0. The molecule has 1 N–H and O–H groups in total. The zero-order chi connectivity index (χ0) is 16.8. The third-order valence-corrected chi connectivity index (χ3v) is 3.93. The molecule has 1 fully saturated rings. The monoisotopic (exact) mass is 326 g/mol. The Morgan fingerprint density at radius 3 is 2.87 bits per heavy atom. The molecule has 1 aliphatic heterocycles. The molecule has 126 valence electrons. The molecule has 0 radical (unpaired) electrons. The number of piperidine rings is 1. The Labute approximate surface area is 133 Å². The van der Waals surface area contributed by atoms with E-state index in [2.05, 4.69) is 10.1 Å². The Kier molecular flexibility index (Phi) is 6.04. The van der Waals surface area contributed by atoms with Crippen molar-refractivity contribution in [1.82, 2.24) is 4.90 Å². The van der Waals surface area contributed by atoms with Crippen LogP contribution in [-0.4, -0.2) is 43.0 Å². The number of esters is 1. The van der Waals surface area contributed by atoms with Crippen molar-refractivity contribution in [3.8, 4) is 0 Å². The second-order valence-electron chi connectivity index (χ2n) is 5.57. The summed E-state index contributed by atoms with van der Waals surface area (Å²) in [5.74, 6) is -2.07. The smallest absolute Gasteiger partial charge is 0.307 e. The first-order valence-corrected chi connectivity index (χ1v) is 7.55. The van der Waals surface area contributed by atoms with Crippen molar-refractivity contribution < 1.29 is 23.1 Å². The fourth-order valence-electron chi connectivity index (χ4n) is 2.74. The summed E-state index contributed by atoms with van der Waals surface area (Å²) in [6.07, 6.45) is 2.94. The molecule has 0 saturated carbocycles. The number of ether oxygens (including phenoxy) is 1. The van der Waals surface area contributed by atoms with E-state index in [0.29, 0.717) is 6.54 Å². The van der Waals surface area contributed by atoms with E-state index in [1.807, 2.05) is 4.90 Å². The molecule has 5 nitrogen and oxygen atoms in total. The minimum atomic E-state index is -0.690. The molecule has 1 saturated heterocycles. The van der Waals surface area contributed by atoms with Gasteiger partial charge in [0.2, 0.25) is 5.91 Å². The summed E-state index contributed by atoms with van der Waals surface area (Å²) in [4.78, 5) is 25.4. The maximum atomic E-state index is 13.5. The van der Waals surface area contributed by atoms with Gasteiger partial charge < -0.3 is 10.1 Å². The average molecular weight is 326 g/mol. The van der Waals surface area contributed by atoms with E-state index in [1.165, 1.54) is 7.11 Å². The van der Waals surface area contributed by atoms with Gasteiger partial charge in [0.1, 0.15) is 11.6 Å². The number of nitrogens with one attached hydrogen (secondary N) is 1. The first-order valence-electron chi connectivity index (χ1n) is 7.55. The van der Waals surface area contributed by atoms with Gasteiger partial charge in [-0.15, -0.1) is 0 Å². The molecule has 1 aromatic rings. The Bertz CT molecular complexity index is 580. The van der Waals surface area contributed by atoms with E-state index in [-0.39, 0.29) is 30.7 Å². The molecule has 0 unspecified atom stereocenters. The third kappa shape index (κ3) is 4.99. The summed E-state index contributed by atoms with van der Waals surface area (Å²) in [6, 6.07) is 2.82. The van der Waals surface area contributed by atoms with Crippen LogP contribution in [0.2, 0.25) is 0 Å². The summed E-state index contributed by atoms with van der Waals surface area (Å²) >= 11 is 0. The zero-order valence-corrected chi connectivity index (χ0v) is 13.0. The SMILES string of the molecule is COC(=O)C[C@H]1CCCCN1CC(=O)Nc1cc(F)ccc1F. The van der Waals surface area contributed by atoms with Crippen molar-refractivity contribution in [1.29, 1.82) is 0 Å². The molecule has 23 heavy (non-hydrogen) atoms. The average Bonchev–Trinajstić information content (AvgIpc) is 2.52. The molecular formula is C16H20F2N2O3. The predicted octanol–water partition coefficient (Wildman–Crippen LogP) is 2.32. The molecular weight excluding hydrogens is 306 g/mol. The van der Waals surface area contributed by atoms with Crippen molar-refractivity contribution in [3.05, 3.63) is 29.8 Å². The van der Waals surface area contributed by atoms with Gasteiger partial charge >= 0.3 is 5.97 Å². The van der Waals surface area contributed by atoms with Crippen molar-refractivity contribution >= 4 is 17.6 Å². The van der Waals surface area contributed by atoms with Gasteiger partial charge in [-0.1, -0.05) is 6.42 Å². The van der Waals surface area contributed by atoms with Gasteiger partial charge in [0, 0.05) is 12.1 Å². The highest BCUT2D eigenvalue weighted by Gasteiger charge is 2.26. The number of hydrogen-bond donors (Lipinski definition) is 1. The number of rotatable bonds is 5. The first kappa shape index (κ1) is 17.3. The second kappa shape index (κ2) is 8.01. The minimum absolute atomic E-state index is 0.0254. The second-order valence-corrected chi connectivity index (χ2v) is 5.57. The molecule has 1 aliphatic rings. The number of anilines is 1. The van der Waals surface area contributed by atoms with Crippen molar-refractivity contribution in [2.24, 2.45) is 0 Å². The number of hydrogen-bond acceptors (Lipinski definition) is 4. The maximum absolute atomic E-state index is 13.5. The lowest BCUT2D eigenvalue weighted by molar-refractivity contribution is -0.142. The number of nitrogens with zero attached hydrogens (tertiary/aromatic N) is 1. The normalized spacial score (nSPS) is 18.5. The highest BCUT2D eigenvalue weighted by atomic mass is 19.1. The number of methoxy groups -OCH3 is 1. The van der Waals surface area contributed by atoms with Gasteiger partial charge in [0.15, 0.2) is 0 Å². The molecule has 1 heterocycles. The van der Waals surface area contributed by atoms with Gasteiger partial charge in [-0.3, -0.25) is 14.5 Å². The van der Waals surface area contributed by atoms with Crippen LogP contribution in [0.15, 0.2) is 18.2 Å². The Morgan fingerprint density at radius 2 is 2.13 bits per heavy atom. The Morgan fingerprint density at radius 1 is 1.35 bits per heavy atom. The first-order chi connectivity index (χ1) is 11.0. The van der Waals surface area contributed by atoms with Crippen molar-refractivity contribution in [2.75, 3.05) is 25.5 Å². The summed E-state index contributed by atoms with van der Waals surface area (Å²) in [7, 11) is 1.33. The Hall–Kier alpha value is -2.02.